The molecule has 0 aromatic carbocycles. The average molecular weight is 369 g/mol. The Kier molecular flexibility index (Phi) is 3.72. The number of hydrogen-bond acceptors (Lipinski definition) is 4. The van der Waals surface area contributed by atoms with Gasteiger partial charge in [0.2, 0.25) is 5.88 Å². The summed E-state index contributed by atoms with van der Waals surface area (Å²) in [5.41, 5.74) is -0.312. The minimum Gasteiger partial charge on any atom is -0.492 e. The predicted molar refractivity (Wildman–Crippen MR) is 84.1 cm³/mol. The smallest absolute Gasteiger partial charge is 0.270 e. The highest BCUT2D eigenvalue weighted by Crippen LogP contribution is 2.24. The molecule has 118 valence electrons. The Hall–Kier alpha value is -1.83. The monoisotopic (exact) mass is 368 g/mol. The minimum atomic E-state index is -0.545. The molecule has 0 aliphatic heterocycles. The van der Waals surface area contributed by atoms with Gasteiger partial charge in [0.1, 0.15) is 0 Å². The van der Waals surface area contributed by atoms with Crippen LogP contribution in [0, 0.1) is 5.92 Å². The summed E-state index contributed by atoms with van der Waals surface area (Å²) in [6.07, 6.45) is 3.30. The Morgan fingerprint density at radius 3 is 2.82 bits per heavy atom. The van der Waals surface area contributed by atoms with Crippen LogP contribution >= 0.6 is 15.9 Å². The predicted octanol–water partition coefficient (Wildman–Crippen LogP) is 1.51. The van der Waals surface area contributed by atoms with Crippen LogP contribution < -0.4 is 10.9 Å². The van der Waals surface area contributed by atoms with Crippen molar-refractivity contribution in [2.24, 2.45) is 5.92 Å². The van der Waals surface area contributed by atoms with Crippen LogP contribution in [0.5, 0.6) is 5.88 Å². The SMILES string of the molecule is CC(C)Cn1c(=O)c(C(=O)NC2CC2)c(O)n2ncc(Br)c12. The second kappa shape index (κ2) is 5.42. The number of carbonyl (C=O) groups is 1. The normalized spacial score (nSPS) is 14.7. The largest absolute Gasteiger partial charge is 0.492 e. The van der Waals surface area contributed by atoms with Gasteiger partial charge in [0, 0.05) is 12.6 Å². The van der Waals surface area contributed by atoms with E-state index in [-0.39, 0.29) is 17.5 Å². The van der Waals surface area contributed by atoms with E-state index in [1.807, 2.05) is 13.8 Å². The van der Waals surface area contributed by atoms with Gasteiger partial charge in [0.25, 0.3) is 11.5 Å². The Morgan fingerprint density at radius 1 is 1.55 bits per heavy atom. The number of amides is 1. The number of hydrogen-bond donors (Lipinski definition) is 2. The first kappa shape index (κ1) is 15.1. The van der Waals surface area contributed by atoms with E-state index in [2.05, 4.69) is 26.3 Å². The fourth-order valence-corrected chi connectivity index (χ4v) is 2.84. The molecule has 1 aliphatic rings. The van der Waals surface area contributed by atoms with Gasteiger partial charge in [-0.3, -0.25) is 14.2 Å². The molecule has 0 radical (unpaired) electrons. The lowest BCUT2D eigenvalue weighted by molar-refractivity contribution is 0.0944. The molecule has 2 heterocycles. The Balaban J connectivity index is 2.23. The molecule has 8 heteroatoms. The molecule has 0 spiro atoms. The lowest BCUT2D eigenvalue weighted by Gasteiger charge is -2.14. The molecule has 2 aromatic heterocycles. The van der Waals surface area contributed by atoms with Crippen molar-refractivity contribution >= 4 is 27.5 Å². The number of fused-ring (bicyclic) bond motifs is 1. The van der Waals surface area contributed by atoms with E-state index in [4.69, 9.17) is 0 Å². The molecule has 0 saturated heterocycles. The third-order valence-corrected chi connectivity index (χ3v) is 4.09. The zero-order valence-corrected chi connectivity index (χ0v) is 13.9. The molecule has 0 bridgehead atoms. The van der Waals surface area contributed by atoms with E-state index in [0.717, 1.165) is 12.8 Å². The van der Waals surface area contributed by atoms with Crippen LogP contribution in [0.4, 0.5) is 0 Å². The fraction of sp³-hybridized carbons (Fsp3) is 0.500. The Morgan fingerprint density at radius 2 is 2.23 bits per heavy atom. The van der Waals surface area contributed by atoms with Gasteiger partial charge in [-0.25, -0.2) is 0 Å². The van der Waals surface area contributed by atoms with Crippen molar-refractivity contribution in [3.05, 3.63) is 26.6 Å². The standard InChI is InChI=1S/C14H17BrN4O3/c1-7(2)6-18-12-9(15)5-16-19(12)14(22)10(13(18)21)11(20)17-8-3-4-8/h5,7-8,22H,3-4,6H2,1-2H3,(H,17,20). The second-order valence-corrected chi connectivity index (χ2v) is 6.84. The van der Waals surface area contributed by atoms with Crippen LogP contribution in [0.1, 0.15) is 37.0 Å². The van der Waals surface area contributed by atoms with E-state index in [1.54, 1.807) is 0 Å². The van der Waals surface area contributed by atoms with Crippen LogP contribution in [0.25, 0.3) is 5.65 Å². The van der Waals surface area contributed by atoms with Gasteiger partial charge in [-0.2, -0.15) is 9.61 Å². The third kappa shape index (κ3) is 2.51. The number of nitrogens with one attached hydrogen (secondary N) is 1. The number of rotatable bonds is 4. The molecule has 1 fully saturated rings. The molecule has 0 atom stereocenters. The summed E-state index contributed by atoms with van der Waals surface area (Å²) in [5.74, 6) is -0.771. The highest BCUT2D eigenvalue weighted by Gasteiger charge is 2.29. The molecule has 2 aromatic rings. The molecule has 3 rings (SSSR count). The van der Waals surface area contributed by atoms with Gasteiger partial charge in [-0.15, -0.1) is 0 Å². The summed E-state index contributed by atoms with van der Waals surface area (Å²) in [4.78, 5) is 25.0. The second-order valence-electron chi connectivity index (χ2n) is 5.98. The average Bonchev–Trinajstić information content (AvgIpc) is 3.15. The molecule has 0 unspecified atom stereocenters. The number of aromatic hydroxyl groups is 1. The van der Waals surface area contributed by atoms with Gasteiger partial charge >= 0.3 is 0 Å². The molecular weight excluding hydrogens is 352 g/mol. The van der Waals surface area contributed by atoms with Gasteiger partial charge in [-0.05, 0) is 34.7 Å². The Bertz CT molecular complexity index is 805. The maximum absolute atomic E-state index is 12.7. The Labute approximate surface area is 135 Å². The molecule has 1 amide bonds. The summed E-state index contributed by atoms with van der Waals surface area (Å²) in [6.45, 7) is 4.38. The summed E-state index contributed by atoms with van der Waals surface area (Å²) in [7, 11) is 0. The topological polar surface area (TPSA) is 88.6 Å². The molecule has 1 saturated carbocycles. The van der Waals surface area contributed by atoms with E-state index in [1.165, 1.54) is 15.3 Å². The molecule has 2 N–H and O–H groups in total. The molecule has 22 heavy (non-hydrogen) atoms. The first-order chi connectivity index (χ1) is 10.4. The highest BCUT2D eigenvalue weighted by atomic mass is 79.9. The van der Waals surface area contributed by atoms with Crippen LogP contribution in [0.15, 0.2) is 15.5 Å². The number of halogens is 1. The van der Waals surface area contributed by atoms with Gasteiger partial charge in [-0.1, -0.05) is 13.8 Å². The fourth-order valence-electron chi connectivity index (χ4n) is 2.37. The van der Waals surface area contributed by atoms with Gasteiger partial charge in [0.05, 0.1) is 10.7 Å². The first-order valence-electron chi connectivity index (χ1n) is 7.20. The van der Waals surface area contributed by atoms with E-state index < -0.39 is 17.3 Å². The highest BCUT2D eigenvalue weighted by molar-refractivity contribution is 9.10. The molecule has 7 nitrogen and oxygen atoms in total. The third-order valence-electron chi connectivity index (χ3n) is 3.53. The van der Waals surface area contributed by atoms with Crippen molar-refractivity contribution in [2.45, 2.75) is 39.3 Å². The van der Waals surface area contributed by atoms with E-state index >= 15 is 0 Å². The van der Waals surface area contributed by atoms with Gasteiger partial charge in [0.15, 0.2) is 11.2 Å². The van der Waals surface area contributed by atoms with Crippen molar-refractivity contribution in [3.8, 4) is 5.88 Å². The minimum absolute atomic E-state index is 0.102. The summed E-state index contributed by atoms with van der Waals surface area (Å²) < 4.78 is 3.29. The lowest BCUT2D eigenvalue weighted by Crippen LogP contribution is -2.36. The van der Waals surface area contributed by atoms with Crippen molar-refractivity contribution < 1.29 is 9.90 Å². The van der Waals surface area contributed by atoms with Crippen molar-refractivity contribution in [1.29, 1.82) is 0 Å². The van der Waals surface area contributed by atoms with Crippen molar-refractivity contribution in [1.82, 2.24) is 19.5 Å². The first-order valence-corrected chi connectivity index (χ1v) is 7.99. The number of carbonyl (C=O) groups excluding carboxylic acids is 1. The maximum Gasteiger partial charge on any atom is 0.270 e. The number of nitrogens with zero attached hydrogens (tertiary/aromatic N) is 3. The van der Waals surface area contributed by atoms with Crippen molar-refractivity contribution in [2.75, 3.05) is 0 Å². The summed E-state index contributed by atoms with van der Waals surface area (Å²) in [5, 5.41) is 17.1. The van der Waals surface area contributed by atoms with Crippen LogP contribution in [-0.4, -0.2) is 31.2 Å². The zero-order valence-electron chi connectivity index (χ0n) is 12.3. The number of aromatic nitrogens is 3. The van der Waals surface area contributed by atoms with Gasteiger partial charge < -0.3 is 10.4 Å². The zero-order chi connectivity index (χ0) is 16.0. The summed E-state index contributed by atoms with van der Waals surface area (Å²) >= 11 is 3.33. The lowest BCUT2D eigenvalue weighted by atomic mass is 10.2. The van der Waals surface area contributed by atoms with Crippen molar-refractivity contribution in [3.63, 3.8) is 0 Å². The van der Waals surface area contributed by atoms with Crippen LogP contribution in [0.2, 0.25) is 0 Å². The molecular formula is C14H17BrN4O3. The summed E-state index contributed by atoms with van der Waals surface area (Å²) in [6, 6.07) is 0.102. The van der Waals surface area contributed by atoms with Crippen LogP contribution in [0.3, 0.4) is 0 Å². The van der Waals surface area contributed by atoms with E-state index in [0.29, 0.717) is 16.7 Å². The quantitative estimate of drug-likeness (QED) is 0.855. The maximum atomic E-state index is 12.7. The van der Waals surface area contributed by atoms with E-state index in [9.17, 15) is 14.7 Å². The molecule has 1 aliphatic carbocycles. The van der Waals surface area contributed by atoms with Crippen LogP contribution in [-0.2, 0) is 6.54 Å².